The molecule has 2 aliphatic heterocycles. The molecule has 0 radical (unpaired) electrons. The Morgan fingerprint density at radius 1 is 1.44 bits per heavy atom. The molecule has 0 aromatic carbocycles. The van der Waals surface area contributed by atoms with Crippen LogP contribution in [0.2, 0.25) is 0 Å². The number of aryl methyl sites for hydroxylation is 1. The molecular formula is C19H26N6O2. The maximum atomic E-state index is 12.5. The van der Waals surface area contributed by atoms with E-state index in [4.69, 9.17) is 10.5 Å². The van der Waals surface area contributed by atoms with E-state index in [0.29, 0.717) is 17.9 Å². The topological polar surface area (TPSA) is 114 Å². The van der Waals surface area contributed by atoms with Gasteiger partial charge >= 0.3 is 0 Å². The van der Waals surface area contributed by atoms with Crippen LogP contribution in [0.4, 0.5) is 5.82 Å². The number of rotatable bonds is 6. The normalized spacial score (nSPS) is 19.0. The third-order valence-electron chi connectivity index (χ3n) is 4.49. The highest BCUT2D eigenvalue weighted by Crippen LogP contribution is 2.18. The molecule has 1 amide bonds. The largest absolute Gasteiger partial charge is 0.495 e. The summed E-state index contributed by atoms with van der Waals surface area (Å²) in [5.41, 5.74) is 9.57. The number of nitrogens with zero attached hydrogens (tertiary/aromatic N) is 2. The standard InChI is InChI=1S/C19H26N6O2/c1-3-9-27-11-15-12(2)23-16(17(20)25-15)19(26)22-10-14-7-6-13-5-4-8-21-18(13)24-14/h3,6-7,9,18,21,24H,4-5,8,10-11H2,1-2H3,(H2,20,25)(H,22,26)/b9-3-. The first-order chi connectivity index (χ1) is 13.1. The van der Waals surface area contributed by atoms with Gasteiger partial charge in [0.25, 0.3) is 5.91 Å². The Balaban J connectivity index is 1.62. The van der Waals surface area contributed by atoms with Crippen LogP contribution in [0.1, 0.15) is 41.6 Å². The average Bonchev–Trinajstić information content (AvgIpc) is 2.68. The zero-order valence-corrected chi connectivity index (χ0v) is 15.7. The molecule has 3 rings (SSSR count). The smallest absolute Gasteiger partial charge is 0.274 e. The highest BCUT2D eigenvalue weighted by molar-refractivity contribution is 5.96. The Morgan fingerprint density at radius 3 is 3.11 bits per heavy atom. The van der Waals surface area contributed by atoms with E-state index in [2.05, 4.69) is 32.0 Å². The summed E-state index contributed by atoms with van der Waals surface area (Å²) in [5, 5.41) is 9.68. The van der Waals surface area contributed by atoms with Crippen molar-refractivity contribution in [2.75, 3.05) is 18.8 Å². The van der Waals surface area contributed by atoms with E-state index < -0.39 is 0 Å². The minimum atomic E-state index is -0.349. The first kappa shape index (κ1) is 18.9. The van der Waals surface area contributed by atoms with Gasteiger partial charge in [-0.25, -0.2) is 9.97 Å². The maximum absolute atomic E-state index is 12.5. The SMILES string of the molecule is C/C=C\OCc1nc(N)c(C(=O)NCC2=CC=C3CCCNC3N2)nc1C. The van der Waals surface area contributed by atoms with Gasteiger partial charge in [-0.2, -0.15) is 0 Å². The van der Waals surface area contributed by atoms with Crippen molar-refractivity contribution in [3.63, 3.8) is 0 Å². The quantitative estimate of drug-likeness (QED) is 0.558. The second-order valence-electron chi connectivity index (χ2n) is 6.52. The van der Waals surface area contributed by atoms with E-state index in [1.165, 1.54) is 5.57 Å². The third kappa shape index (κ3) is 4.65. The molecule has 0 aliphatic carbocycles. The Bertz CT molecular complexity index is 800. The molecule has 1 atom stereocenters. The number of hydrogen-bond acceptors (Lipinski definition) is 7. The molecule has 0 spiro atoms. The van der Waals surface area contributed by atoms with E-state index in [9.17, 15) is 4.79 Å². The van der Waals surface area contributed by atoms with Gasteiger partial charge in [0.1, 0.15) is 12.3 Å². The molecule has 3 heterocycles. The van der Waals surface area contributed by atoms with Crippen molar-refractivity contribution in [2.24, 2.45) is 0 Å². The van der Waals surface area contributed by atoms with Gasteiger partial charge in [-0.1, -0.05) is 12.2 Å². The van der Waals surface area contributed by atoms with Crippen LogP contribution < -0.4 is 21.7 Å². The fourth-order valence-electron chi connectivity index (χ4n) is 3.04. The van der Waals surface area contributed by atoms with E-state index in [0.717, 1.165) is 25.1 Å². The number of carbonyl (C=O) groups excluding carboxylic acids is 1. The number of nitrogens with one attached hydrogen (secondary N) is 3. The Morgan fingerprint density at radius 2 is 2.30 bits per heavy atom. The summed E-state index contributed by atoms with van der Waals surface area (Å²) in [6.45, 7) is 5.26. The summed E-state index contributed by atoms with van der Waals surface area (Å²) in [6, 6.07) is 0. The molecule has 5 N–H and O–H groups in total. The minimum Gasteiger partial charge on any atom is -0.495 e. The number of nitrogen functional groups attached to an aromatic ring is 1. The van der Waals surface area contributed by atoms with Crippen molar-refractivity contribution >= 4 is 11.7 Å². The number of dihydropyridines is 1. The monoisotopic (exact) mass is 370 g/mol. The molecule has 0 saturated carbocycles. The number of piperidine rings is 1. The van der Waals surface area contributed by atoms with Gasteiger partial charge in [-0.05, 0) is 44.9 Å². The van der Waals surface area contributed by atoms with Crippen LogP contribution in [-0.2, 0) is 11.3 Å². The fourth-order valence-corrected chi connectivity index (χ4v) is 3.04. The van der Waals surface area contributed by atoms with Gasteiger partial charge in [0.15, 0.2) is 11.5 Å². The fraction of sp³-hybridized carbons (Fsp3) is 0.421. The molecule has 8 heteroatoms. The molecule has 1 unspecified atom stereocenters. The second-order valence-corrected chi connectivity index (χ2v) is 6.52. The van der Waals surface area contributed by atoms with Gasteiger partial charge in [0, 0.05) is 5.70 Å². The van der Waals surface area contributed by atoms with E-state index in [1.807, 2.05) is 13.0 Å². The summed E-state index contributed by atoms with van der Waals surface area (Å²) in [5.74, 6) is -0.253. The number of ether oxygens (including phenoxy) is 1. The van der Waals surface area contributed by atoms with Gasteiger partial charge in [0.05, 0.1) is 24.7 Å². The lowest BCUT2D eigenvalue weighted by Crippen LogP contribution is -2.49. The van der Waals surface area contributed by atoms with Gasteiger partial charge < -0.3 is 21.1 Å². The van der Waals surface area contributed by atoms with Crippen molar-refractivity contribution < 1.29 is 9.53 Å². The van der Waals surface area contributed by atoms with Crippen molar-refractivity contribution in [3.05, 3.63) is 52.8 Å². The van der Waals surface area contributed by atoms with Crippen LogP contribution in [0.5, 0.6) is 0 Å². The second kappa shape index (κ2) is 8.68. The predicted octanol–water partition coefficient (Wildman–Crippen LogP) is 1.27. The summed E-state index contributed by atoms with van der Waals surface area (Å²) in [6.07, 6.45) is 9.87. The molecule has 1 aromatic heterocycles. The zero-order valence-electron chi connectivity index (χ0n) is 15.7. The lowest BCUT2D eigenvalue weighted by atomic mass is 10.00. The summed E-state index contributed by atoms with van der Waals surface area (Å²) < 4.78 is 5.31. The maximum Gasteiger partial charge on any atom is 0.274 e. The zero-order chi connectivity index (χ0) is 19.2. The van der Waals surface area contributed by atoms with E-state index in [-0.39, 0.29) is 30.2 Å². The predicted molar refractivity (Wildman–Crippen MR) is 103 cm³/mol. The molecule has 27 heavy (non-hydrogen) atoms. The molecule has 1 aromatic rings. The molecule has 2 aliphatic rings. The van der Waals surface area contributed by atoms with Gasteiger partial charge in [-0.3, -0.25) is 10.1 Å². The molecular weight excluding hydrogens is 344 g/mol. The molecule has 144 valence electrons. The van der Waals surface area contributed by atoms with Crippen LogP contribution in [0.25, 0.3) is 0 Å². The summed E-state index contributed by atoms with van der Waals surface area (Å²) >= 11 is 0. The molecule has 8 nitrogen and oxygen atoms in total. The lowest BCUT2D eigenvalue weighted by molar-refractivity contribution is 0.0951. The summed E-state index contributed by atoms with van der Waals surface area (Å²) in [4.78, 5) is 21.1. The number of aromatic nitrogens is 2. The van der Waals surface area contributed by atoms with Crippen molar-refractivity contribution in [1.82, 2.24) is 25.9 Å². The van der Waals surface area contributed by atoms with E-state index >= 15 is 0 Å². The molecule has 1 fully saturated rings. The highest BCUT2D eigenvalue weighted by atomic mass is 16.5. The van der Waals surface area contributed by atoms with Crippen molar-refractivity contribution in [3.8, 4) is 0 Å². The lowest BCUT2D eigenvalue weighted by Gasteiger charge is -2.32. The minimum absolute atomic E-state index is 0.0962. The van der Waals surface area contributed by atoms with Crippen molar-refractivity contribution in [2.45, 2.75) is 39.5 Å². The first-order valence-electron chi connectivity index (χ1n) is 9.12. The van der Waals surface area contributed by atoms with Crippen LogP contribution in [0.3, 0.4) is 0 Å². The number of hydrogen-bond donors (Lipinski definition) is 4. The van der Waals surface area contributed by atoms with Gasteiger partial charge in [0.2, 0.25) is 0 Å². The number of anilines is 1. The van der Waals surface area contributed by atoms with Gasteiger partial charge in [-0.15, -0.1) is 0 Å². The van der Waals surface area contributed by atoms with Crippen LogP contribution in [-0.4, -0.2) is 35.1 Å². The average molecular weight is 370 g/mol. The number of carbonyl (C=O) groups is 1. The number of allylic oxidation sites excluding steroid dienone is 3. The van der Waals surface area contributed by atoms with E-state index in [1.54, 1.807) is 19.3 Å². The Labute approximate surface area is 159 Å². The Kier molecular flexibility index (Phi) is 6.08. The van der Waals surface area contributed by atoms with Crippen LogP contribution in [0, 0.1) is 6.92 Å². The van der Waals surface area contributed by atoms with Crippen molar-refractivity contribution in [1.29, 1.82) is 0 Å². The Hall–Kier alpha value is -2.87. The molecule has 1 saturated heterocycles. The number of fused-ring (bicyclic) bond motifs is 1. The third-order valence-corrected chi connectivity index (χ3v) is 4.49. The number of amides is 1. The number of nitrogens with two attached hydrogens (primary N) is 1. The van der Waals surface area contributed by atoms with Crippen LogP contribution >= 0.6 is 0 Å². The summed E-state index contributed by atoms with van der Waals surface area (Å²) in [7, 11) is 0. The first-order valence-corrected chi connectivity index (χ1v) is 9.12. The highest BCUT2D eigenvalue weighted by Gasteiger charge is 2.22. The molecule has 0 bridgehead atoms. The van der Waals surface area contributed by atoms with Crippen LogP contribution in [0.15, 0.2) is 35.8 Å².